The third-order valence-electron chi connectivity index (χ3n) is 2.90. The number of hydrogen-bond donors (Lipinski definition) is 1. The molecule has 0 aromatic carbocycles. The summed E-state index contributed by atoms with van der Waals surface area (Å²) in [5, 5.41) is 3.97. The van der Waals surface area contributed by atoms with Crippen LogP contribution >= 0.6 is 22.7 Å². The highest BCUT2D eigenvalue weighted by atomic mass is 32.1. The molecule has 1 atom stereocenters. The van der Waals surface area contributed by atoms with Gasteiger partial charge in [-0.15, -0.1) is 22.7 Å². The predicted molar refractivity (Wildman–Crippen MR) is 78.0 cm³/mol. The van der Waals surface area contributed by atoms with Gasteiger partial charge >= 0.3 is 0 Å². The average molecular weight is 292 g/mol. The molecular weight excluding hydrogens is 278 g/mol. The van der Waals surface area contributed by atoms with Crippen LogP contribution in [0.25, 0.3) is 4.96 Å². The van der Waals surface area contributed by atoms with Gasteiger partial charge in [0.15, 0.2) is 4.96 Å². The maximum Gasteiger partial charge on any atom is 0.258 e. The quantitative estimate of drug-likeness (QED) is 0.780. The predicted octanol–water partition coefficient (Wildman–Crippen LogP) is 1.03. The molecule has 19 heavy (non-hydrogen) atoms. The molecule has 6 heteroatoms. The minimum Gasteiger partial charge on any atom is -0.328 e. The van der Waals surface area contributed by atoms with Crippen molar-refractivity contribution in [2.24, 2.45) is 0 Å². The number of thiazole rings is 1. The summed E-state index contributed by atoms with van der Waals surface area (Å²) in [6.07, 6.45) is 1.77. The van der Waals surface area contributed by atoms with Gasteiger partial charge in [0.2, 0.25) is 0 Å². The van der Waals surface area contributed by atoms with E-state index in [2.05, 4.69) is 29.5 Å². The third-order valence-corrected chi connectivity index (χ3v) is 4.53. The number of nitrogens with one attached hydrogen (secondary N) is 1. The summed E-state index contributed by atoms with van der Waals surface area (Å²) in [5.74, 6) is 0. The lowest BCUT2D eigenvalue weighted by Gasteiger charge is -2.12. The Morgan fingerprint density at radius 2 is 2.21 bits per heavy atom. The largest absolute Gasteiger partial charge is 0.328 e. The lowest BCUT2D eigenvalue weighted by atomic mass is 10.3. The van der Waals surface area contributed by atoms with Crippen LogP contribution in [0.3, 0.4) is 0 Å². The van der Waals surface area contributed by atoms with Gasteiger partial charge in [0, 0.05) is 17.6 Å². The summed E-state index contributed by atoms with van der Waals surface area (Å²) in [6, 6.07) is 5.84. The number of fused-ring (bicyclic) bond motifs is 1. The maximum absolute atomic E-state index is 11.9. The summed E-state index contributed by atoms with van der Waals surface area (Å²) in [6.45, 7) is 1.73. The number of aromatic nitrogens is 2. The summed E-state index contributed by atoms with van der Waals surface area (Å²) in [7, 11) is 2.12. The molecular formula is C13H14N3OS2+. The van der Waals surface area contributed by atoms with E-state index in [1.54, 1.807) is 28.0 Å². The monoisotopic (exact) mass is 292 g/mol. The Morgan fingerprint density at radius 1 is 1.32 bits per heavy atom. The van der Waals surface area contributed by atoms with E-state index in [0.29, 0.717) is 0 Å². The molecule has 0 radical (unpaired) electrons. The highest BCUT2D eigenvalue weighted by Gasteiger charge is 2.09. The Labute approximate surface area is 118 Å². The van der Waals surface area contributed by atoms with Crippen molar-refractivity contribution in [2.45, 2.75) is 13.1 Å². The molecule has 0 saturated carbocycles. The highest BCUT2D eigenvalue weighted by Crippen LogP contribution is 2.07. The average Bonchev–Trinajstić information content (AvgIpc) is 2.99. The van der Waals surface area contributed by atoms with Crippen LogP contribution in [0.1, 0.15) is 10.6 Å². The lowest BCUT2D eigenvalue weighted by Crippen LogP contribution is -3.06. The molecule has 1 N–H and O–H groups in total. The fraction of sp³-hybridized carbons (Fsp3) is 0.231. The second-order valence-corrected chi connectivity index (χ2v) is 6.44. The van der Waals surface area contributed by atoms with E-state index in [-0.39, 0.29) is 5.56 Å². The summed E-state index contributed by atoms with van der Waals surface area (Å²) >= 11 is 3.26. The van der Waals surface area contributed by atoms with Gasteiger partial charge in [-0.05, 0) is 11.4 Å². The molecule has 0 aliphatic carbocycles. The van der Waals surface area contributed by atoms with Crippen LogP contribution in [-0.4, -0.2) is 16.4 Å². The first-order chi connectivity index (χ1) is 9.22. The molecule has 3 aromatic rings. The first-order valence-electron chi connectivity index (χ1n) is 6.02. The van der Waals surface area contributed by atoms with E-state index in [9.17, 15) is 4.79 Å². The molecule has 0 amide bonds. The first-order valence-corrected chi connectivity index (χ1v) is 7.78. The Balaban J connectivity index is 1.79. The molecule has 98 valence electrons. The molecule has 0 bridgehead atoms. The zero-order valence-electron chi connectivity index (χ0n) is 10.5. The van der Waals surface area contributed by atoms with Gasteiger partial charge in [0.1, 0.15) is 18.8 Å². The van der Waals surface area contributed by atoms with Gasteiger partial charge in [-0.3, -0.25) is 9.20 Å². The molecule has 3 heterocycles. The normalized spacial score (nSPS) is 12.9. The molecule has 4 nitrogen and oxygen atoms in total. The summed E-state index contributed by atoms with van der Waals surface area (Å²) in [5.41, 5.74) is 0.867. The zero-order chi connectivity index (χ0) is 13.2. The van der Waals surface area contributed by atoms with Crippen molar-refractivity contribution >= 4 is 27.6 Å². The van der Waals surface area contributed by atoms with E-state index in [1.165, 1.54) is 21.1 Å². The van der Waals surface area contributed by atoms with E-state index in [1.807, 2.05) is 5.38 Å². The fourth-order valence-corrected chi connectivity index (χ4v) is 3.62. The number of nitrogens with zero attached hydrogens (tertiary/aromatic N) is 2. The second kappa shape index (κ2) is 5.24. The van der Waals surface area contributed by atoms with Crippen molar-refractivity contribution in [3.05, 3.63) is 56.1 Å². The minimum atomic E-state index is 0.00479. The zero-order valence-corrected chi connectivity index (χ0v) is 12.1. The third kappa shape index (κ3) is 2.75. The van der Waals surface area contributed by atoms with Crippen LogP contribution in [0.5, 0.6) is 0 Å². The number of rotatable bonds is 4. The van der Waals surface area contributed by atoms with Crippen LogP contribution in [0.2, 0.25) is 0 Å². The SMILES string of the molecule is C[NH+](Cc1cc(=O)n2ccsc2n1)Cc1cccs1. The summed E-state index contributed by atoms with van der Waals surface area (Å²) < 4.78 is 1.59. The van der Waals surface area contributed by atoms with E-state index in [0.717, 1.165) is 23.7 Å². The topological polar surface area (TPSA) is 38.8 Å². The van der Waals surface area contributed by atoms with Gasteiger partial charge in [-0.2, -0.15) is 0 Å². The van der Waals surface area contributed by atoms with Crippen LogP contribution in [0.15, 0.2) is 40.0 Å². The molecule has 0 aliphatic rings. The van der Waals surface area contributed by atoms with E-state index >= 15 is 0 Å². The Bertz CT molecular complexity index is 730. The fourth-order valence-electron chi connectivity index (χ4n) is 2.06. The smallest absolute Gasteiger partial charge is 0.258 e. The number of hydrogen-bond acceptors (Lipinski definition) is 4. The van der Waals surface area contributed by atoms with Crippen molar-refractivity contribution in [3.63, 3.8) is 0 Å². The summed E-state index contributed by atoms with van der Waals surface area (Å²) in [4.78, 5) is 19.9. The molecule has 3 rings (SSSR count). The van der Waals surface area contributed by atoms with E-state index in [4.69, 9.17) is 0 Å². The standard InChI is InChI=1S/C13H13N3OS2/c1-15(9-11-3-2-5-18-11)8-10-7-12(17)16-4-6-19-13(16)14-10/h2-7H,8-9H2,1H3/p+1. The Kier molecular flexibility index (Phi) is 3.46. The van der Waals surface area contributed by atoms with Crippen molar-refractivity contribution in [3.8, 4) is 0 Å². The second-order valence-electron chi connectivity index (χ2n) is 4.53. The van der Waals surface area contributed by atoms with Crippen molar-refractivity contribution in [2.75, 3.05) is 7.05 Å². The van der Waals surface area contributed by atoms with Gasteiger partial charge in [0.05, 0.1) is 11.9 Å². The van der Waals surface area contributed by atoms with Crippen LogP contribution in [0.4, 0.5) is 0 Å². The lowest BCUT2D eigenvalue weighted by molar-refractivity contribution is -0.907. The molecule has 1 unspecified atom stereocenters. The van der Waals surface area contributed by atoms with Gasteiger partial charge in [-0.1, -0.05) is 6.07 Å². The number of quaternary nitrogens is 1. The molecule has 3 aromatic heterocycles. The van der Waals surface area contributed by atoms with Gasteiger partial charge < -0.3 is 4.90 Å². The van der Waals surface area contributed by atoms with Crippen molar-refractivity contribution in [1.82, 2.24) is 9.38 Å². The minimum absolute atomic E-state index is 0.00479. The first kappa shape index (κ1) is 12.5. The highest BCUT2D eigenvalue weighted by molar-refractivity contribution is 7.15. The Morgan fingerprint density at radius 3 is 3.00 bits per heavy atom. The number of thiophene rings is 1. The van der Waals surface area contributed by atoms with Crippen molar-refractivity contribution in [1.29, 1.82) is 0 Å². The van der Waals surface area contributed by atoms with Crippen LogP contribution in [-0.2, 0) is 13.1 Å². The Hall–Kier alpha value is -1.50. The molecule has 0 aliphatic heterocycles. The van der Waals surface area contributed by atoms with E-state index < -0.39 is 0 Å². The molecule has 0 saturated heterocycles. The maximum atomic E-state index is 11.9. The molecule has 0 fully saturated rings. The van der Waals surface area contributed by atoms with Gasteiger partial charge in [-0.25, -0.2) is 4.98 Å². The van der Waals surface area contributed by atoms with Gasteiger partial charge in [0.25, 0.3) is 5.56 Å². The van der Waals surface area contributed by atoms with Crippen LogP contribution < -0.4 is 10.5 Å². The molecule has 0 spiro atoms. The van der Waals surface area contributed by atoms with Crippen molar-refractivity contribution < 1.29 is 4.90 Å². The van der Waals surface area contributed by atoms with Crippen LogP contribution in [0, 0.1) is 0 Å².